The van der Waals surface area contributed by atoms with Gasteiger partial charge in [-0.25, -0.2) is 0 Å². The molecule has 1 aromatic heterocycles. The molecule has 0 aliphatic heterocycles. The van der Waals surface area contributed by atoms with E-state index < -0.39 is 11.7 Å². The van der Waals surface area contributed by atoms with Gasteiger partial charge in [0.2, 0.25) is 0 Å². The highest BCUT2D eigenvalue weighted by atomic mass is 19.4. The van der Waals surface area contributed by atoms with E-state index in [0.29, 0.717) is 23.8 Å². The van der Waals surface area contributed by atoms with Crippen LogP contribution in [0.2, 0.25) is 0 Å². The van der Waals surface area contributed by atoms with Crippen molar-refractivity contribution in [1.29, 1.82) is 0 Å². The lowest BCUT2D eigenvalue weighted by Crippen LogP contribution is -2.04. The van der Waals surface area contributed by atoms with Gasteiger partial charge in [-0.15, -0.1) is 10.2 Å². The summed E-state index contributed by atoms with van der Waals surface area (Å²) in [6, 6.07) is 12.3. The topological polar surface area (TPSA) is 79.5 Å². The van der Waals surface area contributed by atoms with Crippen LogP contribution in [-0.2, 0) is 19.3 Å². The third-order valence-electron chi connectivity index (χ3n) is 4.11. The summed E-state index contributed by atoms with van der Waals surface area (Å²) in [5.41, 5.74) is 10.1. The Morgan fingerprint density at radius 3 is 2.04 bits per heavy atom. The van der Waals surface area contributed by atoms with Crippen LogP contribution in [0, 0.1) is 0 Å². The maximum Gasteiger partial charge on any atom is 0.416 e. The van der Waals surface area contributed by atoms with Gasteiger partial charge < -0.3 is 4.57 Å². The Morgan fingerprint density at radius 1 is 0.963 bits per heavy atom. The van der Waals surface area contributed by atoms with E-state index in [1.54, 1.807) is 0 Å². The van der Waals surface area contributed by atoms with Crippen LogP contribution in [0.4, 0.5) is 13.2 Å². The van der Waals surface area contributed by atoms with Crippen molar-refractivity contribution in [2.24, 2.45) is 5.11 Å². The summed E-state index contributed by atoms with van der Waals surface area (Å²) in [6.07, 6.45) is -4.35. The van der Waals surface area contributed by atoms with Crippen LogP contribution in [0.25, 0.3) is 33.0 Å². The number of aromatic nitrogens is 3. The van der Waals surface area contributed by atoms with Crippen LogP contribution in [0.5, 0.6) is 0 Å². The summed E-state index contributed by atoms with van der Waals surface area (Å²) >= 11 is 0. The van der Waals surface area contributed by atoms with Gasteiger partial charge in [0.05, 0.1) is 12.1 Å². The number of halogens is 3. The van der Waals surface area contributed by atoms with Gasteiger partial charge in [-0.2, -0.15) is 13.2 Å². The molecular weight excluding hydrogens is 357 g/mol. The minimum absolute atomic E-state index is 0.112. The Hall–Kier alpha value is -3.32. The highest BCUT2D eigenvalue weighted by Crippen LogP contribution is 2.31. The van der Waals surface area contributed by atoms with Crippen LogP contribution < -0.4 is 0 Å². The first-order chi connectivity index (χ1) is 12.9. The first kappa shape index (κ1) is 18.5. The zero-order valence-corrected chi connectivity index (χ0v) is 14.4. The van der Waals surface area contributed by atoms with Crippen molar-refractivity contribution in [3.05, 3.63) is 70.4 Å². The van der Waals surface area contributed by atoms with Gasteiger partial charge in [0.15, 0.2) is 5.82 Å². The average molecular weight is 372 g/mol. The molecule has 0 aliphatic rings. The second kappa shape index (κ2) is 7.51. The molecule has 27 heavy (non-hydrogen) atoms. The molecule has 0 N–H and O–H groups in total. The number of benzene rings is 2. The highest BCUT2D eigenvalue weighted by Gasteiger charge is 2.29. The minimum atomic E-state index is -4.35. The molecule has 0 atom stereocenters. The van der Waals surface area contributed by atoms with Crippen LogP contribution >= 0.6 is 0 Å². The summed E-state index contributed by atoms with van der Waals surface area (Å²) in [5, 5.41) is 11.7. The van der Waals surface area contributed by atoms with E-state index in [1.807, 2.05) is 35.8 Å². The molecule has 6 nitrogen and oxygen atoms in total. The molecule has 0 saturated carbocycles. The number of hydrogen-bond donors (Lipinski definition) is 0. The predicted octanol–water partition coefficient (Wildman–Crippen LogP) is 5.46. The third kappa shape index (κ3) is 3.93. The second-order valence-electron chi connectivity index (χ2n) is 5.73. The zero-order valence-electron chi connectivity index (χ0n) is 14.4. The molecule has 1 heterocycles. The number of alkyl halides is 3. The third-order valence-corrected chi connectivity index (χ3v) is 4.11. The van der Waals surface area contributed by atoms with Crippen molar-refractivity contribution in [2.75, 3.05) is 0 Å². The van der Waals surface area contributed by atoms with Crippen LogP contribution in [0.3, 0.4) is 0 Å². The van der Waals surface area contributed by atoms with Crippen molar-refractivity contribution < 1.29 is 13.2 Å². The Labute approximate surface area is 152 Å². The second-order valence-corrected chi connectivity index (χ2v) is 5.73. The summed E-state index contributed by atoms with van der Waals surface area (Å²) in [7, 11) is 0. The molecular formula is C18H15F3N6. The molecule has 0 radical (unpaired) electrons. The van der Waals surface area contributed by atoms with Gasteiger partial charge in [-0.1, -0.05) is 41.5 Å². The van der Waals surface area contributed by atoms with E-state index in [1.165, 1.54) is 12.1 Å². The molecule has 0 bridgehead atoms. The molecule has 0 aliphatic carbocycles. The SMILES string of the molecule is CCn1c(CN=[N+]=[N-])nnc1-c1ccc(-c2ccc(C(F)(F)F)cc2)cc1. The van der Waals surface area contributed by atoms with Gasteiger partial charge in [-0.05, 0) is 35.7 Å². The smallest absolute Gasteiger partial charge is 0.311 e. The number of nitrogens with zero attached hydrogens (tertiary/aromatic N) is 6. The molecule has 2 aromatic carbocycles. The van der Waals surface area contributed by atoms with Crippen LogP contribution in [0.1, 0.15) is 18.3 Å². The van der Waals surface area contributed by atoms with E-state index in [0.717, 1.165) is 23.3 Å². The fraction of sp³-hybridized carbons (Fsp3) is 0.222. The molecule has 0 unspecified atom stereocenters. The molecule has 0 amide bonds. The summed E-state index contributed by atoms with van der Waals surface area (Å²) in [4.78, 5) is 2.73. The molecule has 3 aromatic rings. The van der Waals surface area contributed by atoms with Crippen molar-refractivity contribution in [3.63, 3.8) is 0 Å². The van der Waals surface area contributed by atoms with Crippen molar-refractivity contribution >= 4 is 0 Å². The molecule has 9 heteroatoms. The maximum atomic E-state index is 12.7. The minimum Gasteiger partial charge on any atom is -0.311 e. The molecule has 138 valence electrons. The number of azide groups is 1. The van der Waals surface area contributed by atoms with Crippen molar-refractivity contribution in [2.45, 2.75) is 26.2 Å². The zero-order chi connectivity index (χ0) is 19.4. The lowest BCUT2D eigenvalue weighted by atomic mass is 10.0. The Kier molecular flexibility index (Phi) is 5.14. The van der Waals surface area contributed by atoms with E-state index >= 15 is 0 Å². The van der Waals surface area contributed by atoms with Crippen molar-refractivity contribution in [1.82, 2.24) is 14.8 Å². The van der Waals surface area contributed by atoms with Crippen LogP contribution in [0.15, 0.2) is 53.6 Å². The number of hydrogen-bond acceptors (Lipinski definition) is 3. The fourth-order valence-corrected chi connectivity index (χ4v) is 2.76. The first-order valence-electron chi connectivity index (χ1n) is 8.15. The summed E-state index contributed by atoms with van der Waals surface area (Å²) < 4.78 is 39.9. The van der Waals surface area contributed by atoms with Gasteiger partial charge in [0.1, 0.15) is 5.82 Å². The highest BCUT2D eigenvalue weighted by molar-refractivity contribution is 5.68. The largest absolute Gasteiger partial charge is 0.416 e. The monoisotopic (exact) mass is 372 g/mol. The van der Waals surface area contributed by atoms with Gasteiger partial charge in [-0.3, -0.25) is 0 Å². The molecule has 3 rings (SSSR count). The Morgan fingerprint density at radius 2 is 1.52 bits per heavy atom. The summed E-state index contributed by atoms with van der Waals surface area (Å²) in [5.74, 6) is 1.21. The maximum absolute atomic E-state index is 12.7. The Balaban J connectivity index is 1.88. The van der Waals surface area contributed by atoms with Crippen LogP contribution in [-0.4, -0.2) is 14.8 Å². The fourth-order valence-electron chi connectivity index (χ4n) is 2.76. The average Bonchev–Trinajstić information content (AvgIpc) is 3.08. The lowest BCUT2D eigenvalue weighted by Gasteiger charge is -2.09. The standard InChI is InChI=1S/C18H15F3N6/c1-2-27-16(11-23-26-22)24-25-17(27)14-5-3-12(4-6-14)13-7-9-15(10-8-13)18(19,20)21/h3-10H,2,11H2,1H3. The van der Waals surface area contributed by atoms with E-state index in [2.05, 4.69) is 20.2 Å². The quantitative estimate of drug-likeness (QED) is 0.338. The lowest BCUT2D eigenvalue weighted by molar-refractivity contribution is -0.137. The molecule has 0 saturated heterocycles. The Bertz CT molecular complexity index is 968. The van der Waals surface area contributed by atoms with E-state index in [4.69, 9.17) is 5.53 Å². The van der Waals surface area contributed by atoms with Gasteiger partial charge in [0, 0.05) is 17.0 Å². The van der Waals surface area contributed by atoms with Gasteiger partial charge in [0.25, 0.3) is 0 Å². The number of rotatable bonds is 5. The molecule has 0 fully saturated rings. The normalized spacial score (nSPS) is 11.3. The van der Waals surface area contributed by atoms with E-state index in [9.17, 15) is 13.2 Å². The molecule has 0 spiro atoms. The predicted molar refractivity (Wildman–Crippen MR) is 94.4 cm³/mol. The van der Waals surface area contributed by atoms with Crippen molar-refractivity contribution in [3.8, 4) is 22.5 Å². The summed E-state index contributed by atoms with van der Waals surface area (Å²) in [6.45, 7) is 2.66. The first-order valence-corrected chi connectivity index (χ1v) is 8.15. The van der Waals surface area contributed by atoms with Gasteiger partial charge >= 0.3 is 6.18 Å². The van der Waals surface area contributed by atoms with E-state index in [-0.39, 0.29) is 6.54 Å².